The number of aromatic hydroxyl groups is 1. The first-order valence-electron chi connectivity index (χ1n) is 11.2. The summed E-state index contributed by atoms with van der Waals surface area (Å²) in [5.74, 6) is 0.932. The van der Waals surface area contributed by atoms with Crippen LogP contribution in [0.2, 0.25) is 5.02 Å². The number of hydrogen-bond acceptors (Lipinski definition) is 4. The minimum absolute atomic E-state index is 0.162. The van der Waals surface area contributed by atoms with Crippen LogP contribution in [-0.2, 0) is 11.3 Å². The van der Waals surface area contributed by atoms with Crippen LogP contribution in [0.25, 0.3) is 0 Å². The molecular formula is C23H35ClN2O2. The molecule has 1 atom stereocenters. The van der Waals surface area contributed by atoms with Crippen LogP contribution in [0.3, 0.4) is 0 Å². The first-order valence-corrected chi connectivity index (χ1v) is 11.6. The highest BCUT2D eigenvalue weighted by Crippen LogP contribution is 2.29. The van der Waals surface area contributed by atoms with Gasteiger partial charge in [-0.1, -0.05) is 30.5 Å². The van der Waals surface area contributed by atoms with E-state index in [-0.39, 0.29) is 5.75 Å². The summed E-state index contributed by atoms with van der Waals surface area (Å²) >= 11 is 6.14. The second-order valence-electron chi connectivity index (χ2n) is 9.03. The number of ether oxygens (including phenoxy) is 1. The predicted molar refractivity (Wildman–Crippen MR) is 114 cm³/mol. The second kappa shape index (κ2) is 9.80. The van der Waals surface area contributed by atoms with E-state index < -0.39 is 0 Å². The number of phenolic OH excluding ortho intramolecular Hbond substituents is 1. The molecule has 2 saturated heterocycles. The zero-order valence-corrected chi connectivity index (χ0v) is 17.7. The molecule has 1 N–H and O–H groups in total. The van der Waals surface area contributed by atoms with Crippen LogP contribution in [0.4, 0.5) is 0 Å². The fourth-order valence-electron chi connectivity index (χ4n) is 5.32. The third-order valence-corrected chi connectivity index (χ3v) is 7.21. The molecule has 0 bridgehead atoms. The SMILES string of the molecule is Oc1ccc(CN(CC2CCN(C3CCCC3)CC2)C[C@@H]2CCCO2)cc1Cl. The number of piperidine rings is 1. The van der Waals surface area contributed by atoms with Crippen LogP contribution in [0, 0.1) is 5.92 Å². The van der Waals surface area contributed by atoms with Gasteiger partial charge in [-0.15, -0.1) is 0 Å². The Hall–Kier alpha value is -0.810. The van der Waals surface area contributed by atoms with Gasteiger partial charge in [-0.3, -0.25) is 4.90 Å². The third kappa shape index (κ3) is 5.41. The largest absolute Gasteiger partial charge is 0.506 e. The Kier molecular flexibility index (Phi) is 7.16. The zero-order chi connectivity index (χ0) is 19.3. The van der Waals surface area contributed by atoms with Gasteiger partial charge in [0, 0.05) is 32.3 Å². The van der Waals surface area contributed by atoms with Gasteiger partial charge in [-0.2, -0.15) is 0 Å². The summed E-state index contributed by atoms with van der Waals surface area (Å²) in [6, 6.07) is 6.47. The molecule has 2 aliphatic heterocycles. The van der Waals surface area contributed by atoms with Crippen LogP contribution >= 0.6 is 11.6 Å². The van der Waals surface area contributed by atoms with Crippen molar-refractivity contribution in [3.63, 3.8) is 0 Å². The van der Waals surface area contributed by atoms with Gasteiger partial charge in [0.15, 0.2) is 0 Å². The Labute approximate surface area is 174 Å². The van der Waals surface area contributed by atoms with Crippen LogP contribution in [-0.4, -0.2) is 59.8 Å². The molecule has 3 fully saturated rings. The van der Waals surface area contributed by atoms with E-state index >= 15 is 0 Å². The normalized spacial score (nSPS) is 25.1. The van der Waals surface area contributed by atoms with E-state index in [9.17, 15) is 5.11 Å². The lowest BCUT2D eigenvalue weighted by atomic mass is 9.94. The van der Waals surface area contributed by atoms with Crippen molar-refractivity contribution in [2.75, 3.05) is 32.8 Å². The number of benzene rings is 1. The Morgan fingerprint density at radius 3 is 2.50 bits per heavy atom. The van der Waals surface area contributed by atoms with E-state index in [0.29, 0.717) is 11.1 Å². The molecule has 4 rings (SSSR count). The van der Waals surface area contributed by atoms with Crippen molar-refractivity contribution >= 4 is 11.6 Å². The maximum atomic E-state index is 9.71. The van der Waals surface area contributed by atoms with Crippen molar-refractivity contribution in [3.8, 4) is 5.75 Å². The average Bonchev–Trinajstić information content (AvgIpc) is 3.39. The van der Waals surface area contributed by atoms with E-state index in [1.54, 1.807) is 6.07 Å². The molecule has 2 heterocycles. The maximum Gasteiger partial charge on any atom is 0.134 e. The summed E-state index contributed by atoms with van der Waals surface area (Å²) in [5.41, 5.74) is 1.17. The third-order valence-electron chi connectivity index (χ3n) is 6.91. The molecular weight excluding hydrogens is 372 g/mol. The van der Waals surface area contributed by atoms with Crippen molar-refractivity contribution in [1.82, 2.24) is 9.80 Å². The Morgan fingerprint density at radius 1 is 1.04 bits per heavy atom. The fourth-order valence-corrected chi connectivity index (χ4v) is 5.53. The number of likely N-dealkylation sites (tertiary alicyclic amines) is 1. The van der Waals surface area contributed by atoms with Crippen molar-refractivity contribution in [3.05, 3.63) is 28.8 Å². The lowest BCUT2D eigenvalue weighted by Gasteiger charge is -2.38. The van der Waals surface area contributed by atoms with Gasteiger partial charge in [0.2, 0.25) is 0 Å². The van der Waals surface area contributed by atoms with Gasteiger partial charge in [0.1, 0.15) is 5.75 Å². The molecule has 28 heavy (non-hydrogen) atoms. The van der Waals surface area contributed by atoms with Gasteiger partial charge >= 0.3 is 0 Å². The predicted octanol–water partition coefficient (Wildman–Crippen LogP) is 4.68. The van der Waals surface area contributed by atoms with E-state index in [1.165, 1.54) is 70.0 Å². The Morgan fingerprint density at radius 2 is 1.82 bits per heavy atom. The van der Waals surface area contributed by atoms with Gasteiger partial charge in [-0.05, 0) is 75.2 Å². The average molecular weight is 407 g/mol. The van der Waals surface area contributed by atoms with Crippen LogP contribution in [0.1, 0.15) is 56.9 Å². The lowest BCUT2D eigenvalue weighted by molar-refractivity contribution is 0.0540. The number of halogens is 1. The minimum Gasteiger partial charge on any atom is -0.506 e. The molecule has 4 nitrogen and oxygen atoms in total. The summed E-state index contributed by atoms with van der Waals surface area (Å²) in [6.45, 7) is 6.46. The molecule has 1 aromatic rings. The van der Waals surface area contributed by atoms with Crippen molar-refractivity contribution in [2.24, 2.45) is 5.92 Å². The highest BCUT2D eigenvalue weighted by atomic mass is 35.5. The van der Waals surface area contributed by atoms with Crippen LogP contribution in [0.5, 0.6) is 5.75 Å². The second-order valence-corrected chi connectivity index (χ2v) is 9.44. The highest BCUT2D eigenvalue weighted by molar-refractivity contribution is 6.32. The van der Waals surface area contributed by atoms with Gasteiger partial charge in [0.25, 0.3) is 0 Å². The monoisotopic (exact) mass is 406 g/mol. The molecule has 5 heteroatoms. The summed E-state index contributed by atoms with van der Waals surface area (Å²) in [5, 5.41) is 10.2. The van der Waals surface area contributed by atoms with Crippen LogP contribution < -0.4 is 0 Å². The lowest BCUT2D eigenvalue weighted by Crippen LogP contribution is -2.43. The summed E-state index contributed by atoms with van der Waals surface area (Å²) < 4.78 is 5.92. The number of hydrogen-bond donors (Lipinski definition) is 1. The highest BCUT2D eigenvalue weighted by Gasteiger charge is 2.29. The van der Waals surface area contributed by atoms with Crippen molar-refractivity contribution in [2.45, 2.75) is 70.1 Å². The molecule has 1 aliphatic carbocycles. The fraction of sp³-hybridized carbons (Fsp3) is 0.739. The van der Waals surface area contributed by atoms with Crippen molar-refractivity contribution in [1.29, 1.82) is 0 Å². The van der Waals surface area contributed by atoms with E-state index in [2.05, 4.69) is 9.80 Å². The summed E-state index contributed by atoms with van der Waals surface area (Å²) in [7, 11) is 0. The van der Waals surface area contributed by atoms with Gasteiger partial charge < -0.3 is 14.7 Å². The Bertz CT molecular complexity index is 621. The molecule has 1 aromatic carbocycles. The number of rotatable bonds is 7. The quantitative estimate of drug-likeness (QED) is 0.713. The summed E-state index contributed by atoms with van der Waals surface area (Å²) in [4.78, 5) is 5.32. The molecule has 0 unspecified atom stereocenters. The topological polar surface area (TPSA) is 35.9 Å². The minimum atomic E-state index is 0.162. The first-order chi connectivity index (χ1) is 13.7. The van der Waals surface area contributed by atoms with Crippen LogP contribution in [0.15, 0.2) is 18.2 Å². The van der Waals surface area contributed by atoms with Gasteiger partial charge in [0.05, 0.1) is 11.1 Å². The van der Waals surface area contributed by atoms with E-state index in [1.807, 2.05) is 12.1 Å². The molecule has 3 aliphatic rings. The van der Waals surface area contributed by atoms with E-state index in [0.717, 1.165) is 38.2 Å². The summed E-state index contributed by atoms with van der Waals surface area (Å²) in [6.07, 6.45) is 11.0. The zero-order valence-electron chi connectivity index (χ0n) is 17.0. The number of phenols is 1. The van der Waals surface area contributed by atoms with Gasteiger partial charge in [-0.25, -0.2) is 0 Å². The first kappa shape index (κ1) is 20.5. The maximum absolute atomic E-state index is 9.71. The molecule has 156 valence electrons. The molecule has 0 radical (unpaired) electrons. The molecule has 0 amide bonds. The molecule has 0 aromatic heterocycles. The smallest absolute Gasteiger partial charge is 0.134 e. The number of nitrogens with zero attached hydrogens (tertiary/aromatic N) is 2. The van der Waals surface area contributed by atoms with Crippen molar-refractivity contribution < 1.29 is 9.84 Å². The Balaban J connectivity index is 1.34. The van der Waals surface area contributed by atoms with E-state index in [4.69, 9.17) is 16.3 Å². The standard InChI is InChI=1S/C23H35ClN2O2/c24-22-14-19(7-8-23(22)27)16-25(17-21-6-3-13-28-21)15-18-9-11-26(12-10-18)20-4-1-2-5-20/h7-8,14,18,20-21,27H,1-6,9-13,15-17H2/t21-/m0/s1. The molecule has 0 spiro atoms. The molecule has 1 saturated carbocycles.